The summed E-state index contributed by atoms with van der Waals surface area (Å²) in [4.78, 5) is 19.0. The van der Waals surface area contributed by atoms with Gasteiger partial charge in [-0.25, -0.2) is 10.8 Å². The van der Waals surface area contributed by atoms with Crippen LogP contribution in [0.2, 0.25) is 0 Å². The molecule has 1 heterocycles. The van der Waals surface area contributed by atoms with Crippen molar-refractivity contribution in [3.63, 3.8) is 0 Å². The lowest BCUT2D eigenvalue weighted by Gasteiger charge is -2.39. The maximum absolute atomic E-state index is 14.0. The minimum absolute atomic E-state index is 0.0743. The van der Waals surface area contributed by atoms with Crippen LogP contribution in [-0.2, 0) is 24.8 Å². The summed E-state index contributed by atoms with van der Waals surface area (Å²) in [5.74, 6) is 6.31. The third kappa shape index (κ3) is 3.57. The number of nitrogen functional groups attached to an aromatic ring is 1. The van der Waals surface area contributed by atoms with E-state index in [1.165, 1.54) is 36.8 Å². The molecule has 2 aliphatic rings. The zero-order valence-corrected chi connectivity index (χ0v) is 17.9. The van der Waals surface area contributed by atoms with E-state index in [4.69, 9.17) is 10.8 Å². The van der Waals surface area contributed by atoms with E-state index in [1.807, 2.05) is 24.3 Å². The lowest BCUT2D eigenvalue weighted by molar-refractivity contribution is 0.356. The van der Waals surface area contributed by atoms with Crippen LogP contribution < -0.4 is 16.8 Å². The normalized spacial score (nSPS) is 16.9. The van der Waals surface area contributed by atoms with E-state index in [9.17, 15) is 4.79 Å². The van der Waals surface area contributed by atoms with Crippen LogP contribution >= 0.6 is 0 Å². The Balaban J connectivity index is 1.67. The summed E-state index contributed by atoms with van der Waals surface area (Å²) in [6, 6.07) is 18.7. The summed E-state index contributed by atoms with van der Waals surface area (Å²) in [7, 11) is 0. The first-order chi connectivity index (χ1) is 15.2. The van der Waals surface area contributed by atoms with Gasteiger partial charge in [0, 0.05) is 17.5 Å². The summed E-state index contributed by atoms with van der Waals surface area (Å²) < 4.78 is 1.76. The lowest BCUT2D eigenvalue weighted by Crippen LogP contribution is -2.42. The van der Waals surface area contributed by atoms with E-state index in [1.54, 1.807) is 4.57 Å². The summed E-state index contributed by atoms with van der Waals surface area (Å²) in [6.45, 7) is 0.556. The van der Waals surface area contributed by atoms with Gasteiger partial charge in [-0.3, -0.25) is 14.8 Å². The Morgan fingerprint density at radius 3 is 2.42 bits per heavy atom. The van der Waals surface area contributed by atoms with E-state index in [2.05, 4.69) is 35.8 Å². The van der Waals surface area contributed by atoms with Crippen LogP contribution in [0.15, 0.2) is 59.4 Å². The number of hydrazine groups is 1. The van der Waals surface area contributed by atoms with Crippen molar-refractivity contribution in [2.45, 2.75) is 63.3 Å². The second kappa shape index (κ2) is 8.31. The molecule has 1 saturated carbocycles. The van der Waals surface area contributed by atoms with Gasteiger partial charge in [0.1, 0.15) is 0 Å². The predicted octanol–water partition coefficient (Wildman–Crippen LogP) is 4.59. The van der Waals surface area contributed by atoms with Crippen LogP contribution in [0.4, 0.5) is 5.95 Å². The molecule has 0 atom stereocenters. The molecule has 2 aromatic carbocycles. The molecule has 0 amide bonds. The second-order valence-electron chi connectivity index (χ2n) is 9.02. The van der Waals surface area contributed by atoms with Crippen molar-refractivity contribution in [2.24, 2.45) is 5.84 Å². The Kier molecular flexibility index (Phi) is 5.36. The molecule has 0 bridgehead atoms. The van der Waals surface area contributed by atoms with Crippen molar-refractivity contribution in [3.8, 4) is 11.3 Å². The molecule has 160 valence electrons. The van der Waals surface area contributed by atoms with Gasteiger partial charge in [0.05, 0.1) is 11.3 Å². The maximum atomic E-state index is 14.0. The highest BCUT2D eigenvalue weighted by molar-refractivity contribution is 5.72. The van der Waals surface area contributed by atoms with E-state index in [-0.39, 0.29) is 11.0 Å². The number of benzene rings is 2. The van der Waals surface area contributed by atoms with Crippen molar-refractivity contribution in [1.29, 1.82) is 0 Å². The van der Waals surface area contributed by atoms with Gasteiger partial charge in [-0.05, 0) is 36.8 Å². The highest BCUT2D eigenvalue weighted by Crippen LogP contribution is 2.48. The molecule has 0 saturated heterocycles. The van der Waals surface area contributed by atoms with Gasteiger partial charge < -0.3 is 0 Å². The van der Waals surface area contributed by atoms with Crippen LogP contribution in [0, 0.1) is 0 Å². The van der Waals surface area contributed by atoms with Gasteiger partial charge in [0.15, 0.2) is 0 Å². The largest absolute Gasteiger partial charge is 0.294 e. The molecule has 31 heavy (non-hydrogen) atoms. The molecular formula is C26H30N4O. The predicted molar refractivity (Wildman–Crippen MR) is 125 cm³/mol. The van der Waals surface area contributed by atoms with Crippen LogP contribution in [0.25, 0.3) is 11.3 Å². The SMILES string of the molecule is NNc1nc2c(c(=O)n1CCc1ccccc1)C1(CCCCCC1)Cc1ccccc1-2. The molecule has 0 radical (unpaired) electrons. The first kappa shape index (κ1) is 20.0. The summed E-state index contributed by atoms with van der Waals surface area (Å²) >= 11 is 0. The average molecular weight is 415 g/mol. The van der Waals surface area contributed by atoms with E-state index in [0.29, 0.717) is 12.5 Å². The number of hydrogen-bond acceptors (Lipinski definition) is 4. The average Bonchev–Trinajstić information content (AvgIpc) is 3.04. The number of nitrogens with zero attached hydrogens (tertiary/aromatic N) is 2. The smallest absolute Gasteiger partial charge is 0.259 e. The van der Waals surface area contributed by atoms with E-state index in [0.717, 1.165) is 42.5 Å². The molecule has 0 aliphatic heterocycles. The van der Waals surface area contributed by atoms with E-state index >= 15 is 0 Å². The van der Waals surface area contributed by atoms with Crippen molar-refractivity contribution in [1.82, 2.24) is 9.55 Å². The highest BCUT2D eigenvalue weighted by atomic mass is 16.1. The zero-order chi connectivity index (χ0) is 21.3. The van der Waals surface area contributed by atoms with Gasteiger partial charge in [-0.1, -0.05) is 80.3 Å². The quantitative estimate of drug-likeness (QED) is 0.484. The van der Waals surface area contributed by atoms with Crippen molar-refractivity contribution in [3.05, 3.63) is 81.6 Å². The molecule has 1 aromatic heterocycles. The number of hydrogen-bond donors (Lipinski definition) is 2. The number of rotatable bonds is 4. The molecular weight excluding hydrogens is 384 g/mol. The molecule has 5 nitrogen and oxygen atoms in total. The topological polar surface area (TPSA) is 72.9 Å². The molecule has 5 rings (SSSR count). The molecule has 5 heteroatoms. The Labute approximate surface area is 183 Å². The van der Waals surface area contributed by atoms with Gasteiger partial charge in [0.25, 0.3) is 5.56 Å². The standard InChI is InChI=1S/C26H30N4O/c27-29-25-28-23-21-13-7-6-12-20(21)18-26(15-8-1-2-9-16-26)22(23)24(31)30(25)17-14-19-10-4-3-5-11-19/h3-7,10-13H,1-2,8-9,14-18,27H2,(H,28,29). The fourth-order valence-corrected chi connectivity index (χ4v) is 5.62. The Bertz CT molecular complexity index is 1130. The van der Waals surface area contributed by atoms with Gasteiger partial charge in [-0.2, -0.15) is 0 Å². The second-order valence-corrected chi connectivity index (χ2v) is 9.02. The third-order valence-corrected chi connectivity index (χ3v) is 7.16. The molecule has 3 aromatic rings. The lowest BCUT2D eigenvalue weighted by atomic mass is 9.65. The van der Waals surface area contributed by atoms with Gasteiger partial charge in [0.2, 0.25) is 5.95 Å². The highest BCUT2D eigenvalue weighted by Gasteiger charge is 2.42. The number of aromatic nitrogens is 2. The van der Waals surface area contributed by atoms with Gasteiger partial charge in [-0.15, -0.1) is 0 Å². The fourth-order valence-electron chi connectivity index (χ4n) is 5.62. The summed E-state index contributed by atoms with van der Waals surface area (Å²) in [5, 5.41) is 0. The number of anilines is 1. The Hall–Kier alpha value is -2.92. The van der Waals surface area contributed by atoms with Gasteiger partial charge >= 0.3 is 0 Å². The monoisotopic (exact) mass is 414 g/mol. The number of nitrogens with two attached hydrogens (primary N) is 1. The van der Waals surface area contributed by atoms with Crippen molar-refractivity contribution < 1.29 is 0 Å². The Morgan fingerprint density at radius 2 is 1.68 bits per heavy atom. The van der Waals surface area contributed by atoms with Crippen LogP contribution in [-0.4, -0.2) is 9.55 Å². The number of aryl methyl sites for hydroxylation is 1. The molecule has 0 unspecified atom stereocenters. The molecule has 1 spiro atoms. The first-order valence-corrected chi connectivity index (χ1v) is 11.5. The fraction of sp³-hybridized carbons (Fsp3) is 0.385. The van der Waals surface area contributed by atoms with Crippen molar-refractivity contribution in [2.75, 3.05) is 5.43 Å². The third-order valence-electron chi connectivity index (χ3n) is 7.16. The van der Waals surface area contributed by atoms with Crippen LogP contribution in [0.5, 0.6) is 0 Å². The summed E-state index contributed by atoms with van der Waals surface area (Å²) in [6.07, 6.45) is 8.64. The minimum Gasteiger partial charge on any atom is -0.294 e. The van der Waals surface area contributed by atoms with Crippen LogP contribution in [0.3, 0.4) is 0 Å². The Morgan fingerprint density at radius 1 is 0.968 bits per heavy atom. The molecule has 2 aliphatic carbocycles. The minimum atomic E-state index is -0.119. The zero-order valence-electron chi connectivity index (χ0n) is 17.9. The van der Waals surface area contributed by atoms with Crippen molar-refractivity contribution >= 4 is 5.95 Å². The maximum Gasteiger partial charge on any atom is 0.259 e. The number of nitrogens with one attached hydrogen (secondary N) is 1. The molecule has 3 N–H and O–H groups in total. The van der Waals surface area contributed by atoms with E-state index < -0.39 is 0 Å². The first-order valence-electron chi connectivity index (χ1n) is 11.5. The number of fused-ring (bicyclic) bond motifs is 4. The molecule has 1 fully saturated rings. The van der Waals surface area contributed by atoms with Crippen LogP contribution in [0.1, 0.15) is 55.2 Å². The summed E-state index contributed by atoms with van der Waals surface area (Å²) in [5.41, 5.74) is 7.99.